The van der Waals surface area contributed by atoms with E-state index in [1.807, 2.05) is 0 Å². The number of nitrogens with one attached hydrogen (secondary N) is 1. The van der Waals surface area contributed by atoms with Crippen molar-refractivity contribution in [2.75, 3.05) is 11.9 Å². The molecule has 0 heterocycles. The molecule has 0 aliphatic carbocycles. The molecule has 118 valence electrons. The molecule has 2 amide bonds. The first-order chi connectivity index (χ1) is 11.0. The number of nitrogens with two attached hydrogens (primary N) is 1. The van der Waals surface area contributed by atoms with Gasteiger partial charge in [0.2, 0.25) is 5.91 Å². The molecule has 5 nitrogen and oxygen atoms in total. The number of rotatable bonds is 6. The summed E-state index contributed by atoms with van der Waals surface area (Å²) in [5.41, 5.74) is 6.25. The van der Waals surface area contributed by atoms with Crippen molar-refractivity contribution in [3.05, 3.63) is 71.3 Å². The highest BCUT2D eigenvalue weighted by atomic mass is 35.5. The van der Waals surface area contributed by atoms with Crippen LogP contribution in [0.15, 0.2) is 55.1 Å². The van der Waals surface area contributed by atoms with E-state index in [9.17, 15) is 9.59 Å². The number of carbonyl (C=O) groups excluding carboxylic acids is 2. The predicted molar refractivity (Wildman–Crippen MR) is 90.1 cm³/mol. The van der Waals surface area contributed by atoms with E-state index >= 15 is 0 Å². The molecule has 0 aromatic heterocycles. The molecule has 2 aromatic rings. The topological polar surface area (TPSA) is 81.4 Å². The summed E-state index contributed by atoms with van der Waals surface area (Å²) in [7, 11) is 0. The first-order valence-electron chi connectivity index (χ1n) is 6.75. The molecule has 23 heavy (non-hydrogen) atoms. The first-order valence-corrected chi connectivity index (χ1v) is 7.13. The van der Waals surface area contributed by atoms with Crippen molar-refractivity contribution in [3.8, 4) is 5.75 Å². The van der Waals surface area contributed by atoms with Crippen LogP contribution in [-0.2, 0) is 0 Å². The maximum atomic E-state index is 12.5. The van der Waals surface area contributed by atoms with E-state index in [1.54, 1.807) is 30.3 Å². The van der Waals surface area contributed by atoms with Gasteiger partial charge in [0.15, 0.2) is 0 Å². The Bertz CT molecular complexity index is 742. The molecule has 2 aromatic carbocycles. The Balaban J connectivity index is 2.31. The standard InChI is InChI=1S/C17H15ClN2O3/c1-2-9-23-15-8-3-11(16(19)21)10-14(15)17(22)20-13-6-4-12(18)5-7-13/h2-8,10H,1,9H2,(H2,19,21)(H,20,22). The molecule has 0 aliphatic heterocycles. The lowest BCUT2D eigenvalue weighted by Gasteiger charge is -2.12. The van der Waals surface area contributed by atoms with Crippen molar-refractivity contribution in [2.45, 2.75) is 0 Å². The van der Waals surface area contributed by atoms with Crippen LogP contribution >= 0.6 is 11.6 Å². The van der Waals surface area contributed by atoms with Crippen molar-refractivity contribution in [2.24, 2.45) is 5.73 Å². The molecular weight excluding hydrogens is 316 g/mol. The minimum atomic E-state index is -0.624. The second-order valence-electron chi connectivity index (χ2n) is 4.64. The number of amides is 2. The van der Waals surface area contributed by atoms with Crippen LogP contribution in [0.1, 0.15) is 20.7 Å². The molecule has 0 atom stereocenters. The minimum absolute atomic E-state index is 0.207. The van der Waals surface area contributed by atoms with Crippen LogP contribution in [0.2, 0.25) is 5.02 Å². The van der Waals surface area contributed by atoms with Gasteiger partial charge in [0.05, 0.1) is 5.56 Å². The largest absolute Gasteiger partial charge is 0.489 e. The van der Waals surface area contributed by atoms with Crippen LogP contribution in [0.3, 0.4) is 0 Å². The first kappa shape index (κ1) is 16.6. The van der Waals surface area contributed by atoms with E-state index in [1.165, 1.54) is 18.2 Å². The van der Waals surface area contributed by atoms with Crippen LogP contribution < -0.4 is 15.8 Å². The van der Waals surface area contributed by atoms with Gasteiger partial charge in [0, 0.05) is 16.3 Å². The Morgan fingerprint density at radius 3 is 2.52 bits per heavy atom. The number of ether oxygens (including phenoxy) is 1. The number of halogens is 1. The fraction of sp³-hybridized carbons (Fsp3) is 0.0588. The van der Waals surface area contributed by atoms with Crippen LogP contribution in [-0.4, -0.2) is 18.4 Å². The van der Waals surface area contributed by atoms with Crippen molar-refractivity contribution in [3.63, 3.8) is 0 Å². The maximum absolute atomic E-state index is 12.5. The van der Waals surface area contributed by atoms with Crippen molar-refractivity contribution >= 4 is 29.1 Å². The molecule has 6 heteroatoms. The zero-order valence-electron chi connectivity index (χ0n) is 12.2. The summed E-state index contributed by atoms with van der Waals surface area (Å²) >= 11 is 5.81. The third-order valence-electron chi connectivity index (χ3n) is 2.97. The Morgan fingerprint density at radius 1 is 1.22 bits per heavy atom. The predicted octanol–water partition coefficient (Wildman–Crippen LogP) is 3.26. The monoisotopic (exact) mass is 330 g/mol. The molecule has 0 saturated carbocycles. The fourth-order valence-corrected chi connectivity index (χ4v) is 1.99. The van der Waals surface area contributed by atoms with Crippen LogP contribution in [0, 0.1) is 0 Å². The van der Waals surface area contributed by atoms with E-state index in [0.717, 1.165) is 0 Å². The van der Waals surface area contributed by atoms with Gasteiger partial charge in [0.25, 0.3) is 5.91 Å². The Morgan fingerprint density at radius 2 is 1.91 bits per heavy atom. The summed E-state index contributed by atoms with van der Waals surface area (Å²) in [5.74, 6) is -0.711. The van der Waals surface area contributed by atoms with Crippen molar-refractivity contribution < 1.29 is 14.3 Å². The number of hydrogen-bond donors (Lipinski definition) is 2. The van der Waals surface area contributed by atoms with Crippen molar-refractivity contribution in [1.29, 1.82) is 0 Å². The van der Waals surface area contributed by atoms with Gasteiger partial charge in [-0.2, -0.15) is 0 Å². The molecule has 3 N–H and O–H groups in total. The highest BCUT2D eigenvalue weighted by molar-refractivity contribution is 6.30. The van der Waals surface area contributed by atoms with Crippen LogP contribution in [0.4, 0.5) is 5.69 Å². The normalized spacial score (nSPS) is 9.96. The summed E-state index contributed by atoms with van der Waals surface area (Å²) in [6.45, 7) is 3.79. The molecule has 2 rings (SSSR count). The Labute approximate surface area is 138 Å². The maximum Gasteiger partial charge on any atom is 0.259 e. The molecule has 0 fully saturated rings. The highest BCUT2D eigenvalue weighted by Gasteiger charge is 2.15. The number of hydrogen-bond acceptors (Lipinski definition) is 3. The third kappa shape index (κ3) is 4.34. The molecule has 0 radical (unpaired) electrons. The Hall–Kier alpha value is -2.79. The van der Waals surface area contributed by atoms with E-state index in [4.69, 9.17) is 22.1 Å². The van der Waals surface area contributed by atoms with Gasteiger partial charge >= 0.3 is 0 Å². The minimum Gasteiger partial charge on any atom is -0.489 e. The summed E-state index contributed by atoms with van der Waals surface area (Å²) in [6.07, 6.45) is 1.56. The molecular formula is C17H15ClN2O3. The van der Waals surface area contributed by atoms with E-state index in [0.29, 0.717) is 16.5 Å². The van der Waals surface area contributed by atoms with Gasteiger partial charge in [-0.1, -0.05) is 24.3 Å². The molecule has 0 spiro atoms. The zero-order chi connectivity index (χ0) is 16.8. The van der Waals surface area contributed by atoms with Gasteiger partial charge in [-0.15, -0.1) is 0 Å². The average molecular weight is 331 g/mol. The summed E-state index contributed by atoms with van der Waals surface area (Å²) < 4.78 is 5.45. The van der Waals surface area contributed by atoms with E-state index < -0.39 is 11.8 Å². The zero-order valence-corrected chi connectivity index (χ0v) is 13.0. The van der Waals surface area contributed by atoms with Gasteiger partial charge in [-0.3, -0.25) is 9.59 Å². The van der Waals surface area contributed by atoms with Crippen molar-refractivity contribution in [1.82, 2.24) is 0 Å². The Kier molecular flexibility index (Phi) is 5.38. The molecule has 0 saturated heterocycles. The van der Waals surface area contributed by atoms with E-state index in [-0.39, 0.29) is 17.7 Å². The summed E-state index contributed by atoms with van der Waals surface area (Å²) in [4.78, 5) is 23.8. The number of primary amides is 1. The fourth-order valence-electron chi connectivity index (χ4n) is 1.87. The molecule has 0 aliphatic rings. The third-order valence-corrected chi connectivity index (χ3v) is 3.22. The van der Waals surface area contributed by atoms with Crippen LogP contribution in [0.25, 0.3) is 0 Å². The number of benzene rings is 2. The van der Waals surface area contributed by atoms with Crippen LogP contribution in [0.5, 0.6) is 5.75 Å². The smallest absolute Gasteiger partial charge is 0.259 e. The lowest BCUT2D eigenvalue weighted by Crippen LogP contribution is -2.17. The summed E-state index contributed by atoms with van der Waals surface area (Å²) in [5, 5.41) is 3.28. The lowest BCUT2D eigenvalue weighted by molar-refractivity contribution is 0.1000. The van der Waals surface area contributed by atoms with Gasteiger partial charge < -0.3 is 15.8 Å². The lowest BCUT2D eigenvalue weighted by atomic mass is 10.1. The van der Waals surface area contributed by atoms with Gasteiger partial charge in [-0.25, -0.2) is 0 Å². The summed E-state index contributed by atoms with van der Waals surface area (Å²) in [6, 6.07) is 11.1. The molecule has 0 unspecified atom stereocenters. The van der Waals surface area contributed by atoms with E-state index in [2.05, 4.69) is 11.9 Å². The SMILES string of the molecule is C=CCOc1ccc(C(N)=O)cc1C(=O)Nc1ccc(Cl)cc1. The highest BCUT2D eigenvalue weighted by Crippen LogP contribution is 2.22. The van der Waals surface area contributed by atoms with Gasteiger partial charge in [0.1, 0.15) is 12.4 Å². The number of anilines is 1. The average Bonchev–Trinajstić information content (AvgIpc) is 2.54. The second kappa shape index (κ2) is 7.47. The quantitative estimate of drug-likeness (QED) is 0.798. The second-order valence-corrected chi connectivity index (χ2v) is 5.07. The van der Waals surface area contributed by atoms with Gasteiger partial charge in [-0.05, 0) is 42.5 Å². The number of carbonyl (C=O) groups is 2. The molecule has 0 bridgehead atoms.